The highest BCUT2D eigenvalue weighted by Crippen LogP contribution is 2.18. The molecule has 2 N–H and O–H groups in total. The normalized spacial score (nSPS) is 12.1. The molecule has 0 saturated carbocycles. The Kier molecular flexibility index (Phi) is 4.71. The van der Waals surface area contributed by atoms with Crippen molar-refractivity contribution in [2.24, 2.45) is 0 Å². The fraction of sp³-hybridized carbons (Fsp3) is 0.263. The summed E-state index contributed by atoms with van der Waals surface area (Å²) in [6, 6.07) is 8.00. The van der Waals surface area contributed by atoms with Crippen molar-refractivity contribution >= 4 is 17.5 Å². The lowest BCUT2D eigenvalue weighted by Gasteiger charge is -2.18. The zero-order chi connectivity index (χ0) is 18.8. The first-order valence-electron chi connectivity index (χ1n) is 8.26. The van der Waals surface area contributed by atoms with Gasteiger partial charge in [0.2, 0.25) is 0 Å². The molecule has 3 rings (SSSR count). The second-order valence-electron chi connectivity index (χ2n) is 6.42. The van der Waals surface area contributed by atoms with Crippen molar-refractivity contribution in [3.05, 3.63) is 64.6 Å². The molecule has 0 bridgehead atoms. The number of carboxylic acid groups (broad SMARTS) is 1. The second-order valence-corrected chi connectivity index (χ2v) is 6.42. The topological polar surface area (TPSA) is 96.6 Å². The summed E-state index contributed by atoms with van der Waals surface area (Å²) in [6.45, 7) is 5.90. The van der Waals surface area contributed by atoms with Gasteiger partial charge in [0, 0.05) is 6.42 Å². The maximum atomic E-state index is 12.6. The molecule has 0 aliphatic rings. The van der Waals surface area contributed by atoms with E-state index in [9.17, 15) is 14.7 Å². The molecule has 26 heavy (non-hydrogen) atoms. The Hall–Kier alpha value is -3.22. The molecule has 0 saturated heterocycles. The number of aryl methyl sites for hydroxylation is 3. The van der Waals surface area contributed by atoms with Gasteiger partial charge in [0.15, 0.2) is 5.65 Å². The van der Waals surface area contributed by atoms with Gasteiger partial charge in [0.05, 0.1) is 0 Å². The van der Waals surface area contributed by atoms with E-state index < -0.39 is 17.9 Å². The smallest absolute Gasteiger partial charge is 0.326 e. The number of hydrogen-bond acceptors (Lipinski definition) is 4. The Morgan fingerprint density at radius 1 is 1.19 bits per heavy atom. The maximum absolute atomic E-state index is 12.6. The molecule has 1 atom stereocenters. The van der Waals surface area contributed by atoms with E-state index in [0.29, 0.717) is 5.65 Å². The van der Waals surface area contributed by atoms with Crippen LogP contribution in [-0.2, 0) is 11.2 Å². The van der Waals surface area contributed by atoms with Crippen LogP contribution >= 0.6 is 0 Å². The van der Waals surface area contributed by atoms with Gasteiger partial charge >= 0.3 is 5.97 Å². The van der Waals surface area contributed by atoms with Crippen molar-refractivity contribution in [1.82, 2.24) is 19.9 Å². The van der Waals surface area contributed by atoms with Crippen molar-refractivity contribution in [3.8, 4) is 0 Å². The Morgan fingerprint density at radius 2 is 1.88 bits per heavy atom. The first kappa shape index (κ1) is 17.6. The molecule has 2 heterocycles. The quantitative estimate of drug-likeness (QED) is 0.733. The lowest BCUT2D eigenvalue weighted by atomic mass is 9.94. The van der Waals surface area contributed by atoms with Gasteiger partial charge in [-0.15, -0.1) is 10.2 Å². The fourth-order valence-electron chi connectivity index (χ4n) is 3.20. The zero-order valence-corrected chi connectivity index (χ0v) is 14.9. The van der Waals surface area contributed by atoms with Crippen molar-refractivity contribution in [2.75, 3.05) is 0 Å². The Labute approximate surface area is 150 Å². The number of fused-ring (bicyclic) bond motifs is 1. The molecule has 7 nitrogen and oxygen atoms in total. The SMILES string of the molecule is Cc1cc(C)c(CC(NC(=O)c2cccc3nncn23)C(=O)O)c(C)c1. The fourth-order valence-corrected chi connectivity index (χ4v) is 3.20. The highest BCUT2D eigenvalue weighted by molar-refractivity contribution is 5.95. The van der Waals surface area contributed by atoms with E-state index in [1.807, 2.05) is 32.9 Å². The Bertz CT molecular complexity index is 970. The van der Waals surface area contributed by atoms with Crippen LogP contribution in [0.15, 0.2) is 36.7 Å². The number of pyridine rings is 1. The minimum Gasteiger partial charge on any atom is -0.480 e. The molecular weight excluding hydrogens is 332 g/mol. The molecule has 2 aromatic heterocycles. The van der Waals surface area contributed by atoms with Crippen LogP contribution in [0.2, 0.25) is 0 Å². The van der Waals surface area contributed by atoms with Crippen LogP contribution in [0.25, 0.3) is 5.65 Å². The molecule has 0 fully saturated rings. The van der Waals surface area contributed by atoms with Crippen LogP contribution in [0.4, 0.5) is 0 Å². The van der Waals surface area contributed by atoms with Gasteiger partial charge in [-0.3, -0.25) is 9.20 Å². The molecule has 0 aliphatic heterocycles. The first-order valence-corrected chi connectivity index (χ1v) is 8.26. The molecular formula is C19H20N4O3. The van der Waals surface area contributed by atoms with E-state index in [4.69, 9.17) is 0 Å². The minimum absolute atomic E-state index is 0.219. The summed E-state index contributed by atoms with van der Waals surface area (Å²) >= 11 is 0. The number of carbonyl (C=O) groups is 2. The molecule has 1 aromatic carbocycles. The van der Waals surface area contributed by atoms with Gasteiger partial charge in [0.1, 0.15) is 18.1 Å². The average Bonchev–Trinajstić information content (AvgIpc) is 3.05. The number of aliphatic carboxylic acids is 1. The predicted molar refractivity (Wildman–Crippen MR) is 96.2 cm³/mol. The van der Waals surface area contributed by atoms with E-state index in [1.165, 1.54) is 10.7 Å². The van der Waals surface area contributed by atoms with Crippen LogP contribution in [0.1, 0.15) is 32.7 Å². The van der Waals surface area contributed by atoms with Crippen LogP contribution in [-0.4, -0.2) is 37.6 Å². The van der Waals surface area contributed by atoms with E-state index >= 15 is 0 Å². The van der Waals surface area contributed by atoms with Gasteiger partial charge < -0.3 is 10.4 Å². The number of aromatic nitrogens is 3. The van der Waals surface area contributed by atoms with E-state index in [0.717, 1.165) is 22.3 Å². The van der Waals surface area contributed by atoms with Crippen molar-refractivity contribution in [3.63, 3.8) is 0 Å². The summed E-state index contributed by atoms with van der Waals surface area (Å²) in [4.78, 5) is 24.4. The molecule has 0 spiro atoms. The predicted octanol–water partition coefficient (Wildman–Crippen LogP) is 2.08. The van der Waals surface area contributed by atoms with E-state index in [2.05, 4.69) is 15.5 Å². The molecule has 1 unspecified atom stereocenters. The van der Waals surface area contributed by atoms with Gasteiger partial charge in [-0.05, 0) is 49.6 Å². The number of nitrogens with one attached hydrogen (secondary N) is 1. The number of rotatable bonds is 5. The minimum atomic E-state index is -1.08. The van der Waals surface area contributed by atoms with Crippen LogP contribution in [0.5, 0.6) is 0 Å². The van der Waals surface area contributed by atoms with Crippen LogP contribution in [0, 0.1) is 20.8 Å². The molecule has 0 radical (unpaired) electrons. The van der Waals surface area contributed by atoms with Crippen LogP contribution < -0.4 is 5.32 Å². The standard InChI is InChI=1S/C19H20N4O3/c1-11-7-12(2)14(13(3)8-11)9-15(19(25)26)21-18(24)16-5-4-6-17-22-20-10-23(16)17/h4-8,10,15H,9H2,1-3H3,(H,21,24)(H,25,26). The summed E-state index contributed by atoms with van der Waals surface area (Å²) in [5.41, 5.74) is 4.91. The second kappa shape index (κ2) is 6.95. The van der Waals surface area contributed by atoms with Crippen molar-refractivity contribution in [2.45, 2.75) is 33.2 Å². The number of carbonyl (C=O) groups excluding carboxylic acids is 1. The number of benzene rings is 1. The molecule has 134 valence electrons. The highest BCUT2D eigenvalue weighted by atomic mass is 16.4. The molecule has 7 heteroatoms. The first-order chi connectivity index (χ1) is 12.4. The van der Waals surface area contributed by atoms with Gasteiger partial charge in [-0.2, -0.15) is 0 Å². The summed E-state index contributed by atoms with van der Waals surface area (Å²) in [5.74, 6) is -1.56. The van der Waals surface area contributed by atoms with Gasteiger partial charge in [0.25, 0.3) is 5.91 Å². The Balaban J connectivity index is 1.87. The third-order valence-corrected chi connectivity index (χ3v) is 4.42. The summed E-state index contributed by atoms with van der Waals surface area (Å²) in [7, 11) is 0. The number of carboxylic acids is 1. The van der Waals surface area contributed by atoms with Crippen LogP contribution in [0.3, 0.4) is 0 Å². The average molecular weight is 352 g/mol. The maximum Gasteiger partial charge on any atom is 0.326 e. The lowest BCUT2D eigenvalue weighted by molar-refractivity contribution is -0.139. The van der Waals surface area contributed by atoms with Gasteiger partial charge in [-0.1, -0.05) is 23.8 Å². The molecule has 0 aliphatic carbocycles. The van der Waals surface area contributed by atoms with Crippen molar-refractivity contribution < 1.29 is 14.7 Å². The Morgan fingerprint density at radius 3 is 2.54 bits per heavy atom. The van der Waals surface area contributed by atoms with E-state index in [1.54, 1.807) is 18.2 Å². The number of nitrogens with zero attached hydrogens (tertiary/aromatic N) is 3. The largest absolute Gasteiger partial charge is 0.480 e. The number of amides is 1. The zero-order valence-electron chi connectivity index (χ0n) is 14.9. The van der Waals surface area contributed by atoms with Crippen molar-refractivity contribution in [1.29, 1.82) is 0 Å². The monoisotopic (exact) mass is 352 g/mol. The third-order valence-electron chi connectivity index (χ3n) is 4.42. The lowest BCUT2D eigenvalue weighted by Crippen LogP contribution is -2.43. The highest BCUT2D eigenvalue weighted by Gasteiger charge is 2.24. The molecule has 1 amide bonds. The summed E-state index contributed by atoms with van der Waals surface area (Å²) < 4.78 is 1.52. The van der Waals surface area contributed by atoms with E-state index in [-0.39, 0.29) is 12.1 Å². The third kappa shape index (κ3) is 3.42. The summed E-state index contributed by atoms with van der Waals surface area (Å²) in [5, 5.41) is 19.9. The molecule has 3 aromatic rings. The summed E-state index contributed by atoms with van der Waals surface area (Å²) in [6.07, 6.45) is 1.64. The van der Waals surface area contributed by atoms with Gasteiger partial charge in [-0.25, -0.2) is 4.79 Å². The number of hydrogen-bond donors (Lipinski definition) is 2.